The van der Waals surface area contributed by atoms with Crippen LogP contribution in [0.15, 0.2) is 76.6 Å². The van der Waals surface area contributed by atoms with E-state index in [0.29, 0.717) is 6.61 Å². The SMILES string of the molecule is CC(C)(C)[C@H]1/C=C\COc2cccc3c2[C@@H](c2ccccc2SC3)N2CN1C(=O)c1c(O)c(=O)ccn12. The Labute approximate surface area is 219 Å². The number of ether oxygens (including phenoxy) is 1. The lowest BCUT2D eigenvalue weighted by molar-refractivity contribution is 0.0505. The van der Waals surface area contributed by atoms with Crippen molar-refractivity contribution in [2.45, 2.75) is 43.5 Å². The van der Waals surface area contributed by atoms with Crippen LogP contribution in [0.1, 0.15) is 54.0 Å². The number of benzene rings is 2. The van der Waals surface area contributed by atoms with E-state index in [0.717, 1.165) is 33.1 Å². The summed E-state index contributed by atoms with van der Waals surface area (Å²) in [7, 11) is 0. The first-order chi connectivity index (χ1) is 17.8. The third-order valence-corrected chi connectivity index (χ3v) is 8.43. The minimum Gasteiger partial charge on any atom is -0.502 e. The van der Waals surface area contributed by atoms with Crippen LogP contribution in [0.25, 0.3) is 0 Å². The van der Waals surface area contributed by atoms with Gasteiger partial charge >= 0.3 is 0 Å². The summed E-state index contributed by atoms with van der Waals surface area (Å²) in [5.41, 5.74) is 2.36. The molecule has 0 fully saturated rings. The van der Waals surface area contributed by atoms with E-state index in [4.69, 9.17) is 4.74 Å². The number of hydrogen-bond donors (Lipinski definition) is 1. The number of carbonyl (C=O) groups is 1. The van der Waals surface area contributed by atoms with Crippen LogP contribution in [0.5, 0.6) is 11.5 Å². The Kier molecular flexibility index (Phi) is 5.60. The smallest absolute Gasteiger partial charge is 0.278 e. The lowest BCUT2D eigenvalue weighted by atomic mass is 9.85. The predicted molar refractivity (Wildman–Crippen MR) is 144 cm³/mol. The maximum Gasteiger partial charge on any atom is 0.278 e. The molecule has 1 aromatic heterocycles. The Bertz CT molecular complexity index is 1490. The number of rotatable bonds is 0. The van der Waals surface area contributed by atoms with E-state index >= 15 is 0 Å². The number of aromatic hydroxyl groups is 1. The first-order valence-electron chi connectivity index (χ1n) is 12.4. The summed E-state index contributed by atoms with van der Waals surface area (Å²) >= 11 is 1.77. The number of pyridine rings is 1. The number of nitrogens with zero attached hydrogens (tertiary/aromatic N) is 3. The number of amides is 1. The average molecular weight is 516 g/mol. The van der Waals surface area contributed by atoms with Crippen molar-refractivity contribution in [1.29, 1.82) is 0 Å². The van der Waals surface area contributed by atoms with E-state index in [-0.39, 0.29) is 35.8 Å². The van der Waals surface area contributed by atoms with Gasteiger partial charge in [-0.2, -0.15) is 0 Å². The van der Waals surface area contributed by atoms with Crippen LogP contribution in [0.4, 0.5) is 0 Å². The Morgan fingerprint density at radius 1 is 1.05 bits per heavy atom. The molecule has 0 aliphatic carbocycles. The molecule has 1 amide bonds. The molecular weight excluding hydrogens is 486 g/mol. The molecule has 0 saturated carbocycles. The molecule has 0 spiro atoms. The Morgan fingerprint density at radius 3 is 2.68 bits per heavy atom. The van der Waals surface area contributed by atoms with Gasteiger partial charge in [0.15, 0.2) is 11.4 Å². The van der Waals surface area contributed by atoms with Crippen LogP contribution in [0, 0.1) is 5.41 Å². The van der Waals surface area contributed by atoms with Crippen molar-refractivity contribution in [1.82, 2.24) is 9.58 Å². The molecule has 2 aromatic carbocycles. The lowest BCUT2D eigenvalue weighted by Gasteiger charge is -2.48. The van der Waals surface area contributed by atoms with Gasteiger partial charge < -0.3 is 14.7 Å². The molecule has 0 saturated heterocycles. The second-order valence-electron chi connectivity index (χ2n) is 10.7. The number of carbonyl (C=O) groups excluding carboxylic acids is 1. The number of hydrogen-bond acceptors (Lipinski definition) is 6. The summed E-state index contributed by atoms with van der Waals surface area (Å²) in [4.78, 5) is 29.4. The van der Waals surface area contributed by atoms with Crippen LogP contribution in [0.2, 0.25) is 0 Å². The molecule has 7 nitrogen and oxygen atoms in total. The molecule has 0 radical (unpaired) electrons. The van der Waals surface area contributed by atoms with Crippen LogP contribution in [0.3, 0.4) is 0 Å². The summed E-state index contributed by atoms with van der Waals surface area (Å²) in [5.74, 6) is 0.656. The number of fused-ring (bicyclic) bond motifs is 7. The number of aromatic nitrogens is 1. The molecule has 1 N–H and O–H groups in total. The third kappa shape index (κ3) is 3.82. The second kappa shape index (κ2) is 8.73. The molecule has 3 aliphatic heterocycles. The van der Waals surface area contributed by atoms with Gasteiger partial charge in [0.05, 0.1) is 6.04 Å². The summed E-state index contributed by atoms with van der Waals surface area (Å²) in [6.07, 6.45) is 5.56. The van der Waals surface area contributed by atoms with E-state index in [9.17, 15) is 14.7 Å². The van der Waals surface area contributed by atoms with Gasteiger partial charge in [0.25, 0.3) is 5.91 Å². The maximum atomic E-state index is 14.0. The summed E-state index contributed by atoms with van der Waals surface area (Å²) in [6.45, 7) is 6.87. The fraction of sp³-hybridized carbons (Fsp3) is 0.310. The zero-order valence-electron chi connectivity index (χ0n) is 21.0. The molecule has 8 heteroatoms. The first-order valence-corrected chi connectivity index (χ1v) is 13.4. The molecule has 3 aliphatic rings. The maximum absolute atomic E-state index is 14.0. The van der Waals surface area contributed by atoms with Crippen LogP contribution >= 0.6 is 11.8 Å². The Hall–Kier alpha value is -3.65. The van der Waals surface area contributed by atoms with Crippen LogP contribution < -0.4 is 15.2 Å². The Balaban J connectivity index is 1.69. The molecule has 190 valence electrons. The summed E-state index contributed by atoms with van der Waals surface area (Å²) < 4.78 is 8.03. The quantitative estimate of drug-likeness (QED) is 0.439. The van der Waals surface area contributed by atoms with Crippen molar-refractivity contribution in [2.24, 2.45) is 5.41 Å². The zero-order valence-corrected chi connectivity index (χ0v) is 21.9. The summed E-state index contributed by atoms with van der Waals surface area (Å²) in [5, 5.41) is 13.0. The molecule has 6 rings (SSSR count). The second-order valence-corrected chi connectivity index (χ2v) is 11.7. The molecular formula is C29H29N3O4S. The molecule has 3 aromatic rings. The fourth-order valence-corrected chi connectivity index (χ4v) is 6.65. The van der Waals surface area contributed by atoms with Gasteiger partial charge in [0.2, 0.25) is 5.43 Å². The van der Waals surface area contributed by atoms with Gasteiger partial charge in [0, 0.05) is 28.5 Å². The minimum absolute atomic E-state index is 0.0185. The molecule has 4 heterocycles. The van der Waals surface area contributed by atoms with Crippen molar-refractivity contribution in [3.05, 3.63) is 99.5 Å². The van der Waals surface area contributed by atoms with Crippen molar-refractivity contribution in [3.63, 3.8) is 0 Å². The Morgan fingerprint density at radius 2 is 1.86 bits per heavy atom. The molecule has 2 atom stereocenters. The minimum atomic E-state index is -0.574. The van der Waals surface area contributed by atoms with Gasteiger partial charge in [-0.1, -0.05) is 57.2 Å². The van der Waals surface area contributed by atoms with E-state index < -0.39 is 11.2 Å². The highest BCUT2D eigenvalue weighted by atomic mass is 32.2. The van der Waals surface area contributed by atoms with E-state index in [1.807, 2.05) is 36.4 Å². The van der Waals surface area contributed by atoms with Gasteiger partial charge in [-0.15, -0.1) is 11.8 Å². The standard InChI is InChI=1S/C29H29N3O4S/c1-29(2,3)23-12-7-15-36-21-10-6-8-18-16-37-22-11-5-4-9-19(22)25(24(18)21)32-17-30(23)28(35)26-27(34)20(33)13-14-31(26)32/h4-14,23,25,34H,15-17H2,1-3H3/b12-7-/t23-,25-/m1/s1. The topological polar surface area (TPSA) is 75.0 Å². The van der Waals surface area contributed by atoms with Crippen molar-refractivity contribution in [2.75, 3.05) is 18.3 Å². The van der Waals surface area contributed by atoms with E-state index in [2.05, 4.69) is 44.0 Å². The number of thioether (sulfide) groups is 1. The van der Waals surface area contributed by atoms with Crippen molar-refractivity contribution in [3.8, 4) is 11.5 Å². The highest BCUT2D eigenvalue weighted by molar-refractivity contribution is 7.98. The first kappa shape index (κ1) is 23.7. The van der Waals surface area contributed by atoms with Crippen LogP contribution in [-0.2, 0) is 5.75 Å². The highest BCUT2D eigenvalue weighted by Crippen LogP contribution is 2.46. The average Bonchev–Trinajstić information content (AvgIpc) is 3.04. The van der Waals surface area contributed by atoms with Crippen LogP contribution in [-0.4, -0.2) is 39.9 Å². The van der Waals surface area contributed by atoms with Gasteiger partial charge in [-0.05, 0) is 34.8 Å². The monoisotopic (exact) mass is 515 g/mol. The highest BCUT2D eigenvalue weighted by Gasteiger charge is 2.43. The third-order valence-electron chi connectivity index (χ3n) is 7.29. The lowest BCUT2D eigenvalue weighted by Crippen LogP contribution is -2.60. The van der Waals surface area contributed by atoms with E-state index in [1.54, 1.807) is 27.5 Å². The van der Waals surface area contributed by atoms with E-state index in [1.165, 1.54) is 6.07 Å². The van der Waals surface area contributed by atoms with Crippen molar-refractivity contribution >= 4 is 17.7 Å². The molecule has 37 heavy (non-hydrogen) atoms. The molecule has 2 bridgehead atoms. The van der Waals surface area contributed by atoms with Gasteiger partial charge in [-0.25, -0.2) is 0 Å². The predicted octanol–water partition coefficient (Wildman–Crippen LogP) is 4.66. The summed E-state index contributed by atoms with van der Waals surface area (Å²) in [6, 6.07) is 15.1. The van der Waals surface area contributed by atoms with Crippen molar-refractivity contribution < 1.29 is 14.6 Å². The zero-order chi connectivity index (χ0) is 25.9. The molecule has 0 unspecified atom stereocenters. The fourth-order valence-electron chi connectivity index (χ4n) is 5.57. The normalized spacial score (nSPS) is 21.5. The van der Waals surface area contributed by atoms with Gasteiger partial charge in [-0.3, -0.25) is 19.3 Å². The van der Waals surface area contributed by atoms with Gasteiger partial charge in [0.1, 0.15) is 25.1 Å². The largest absolute Gasteiger partial charge is 0.502 e.